The van der Waals surface area contributed by atoms with E-state index in [1.54, 1.807) is 24.3 Å². The van der Waals surface area contributed by atoms with Crippen LogP contribution in [0, 0.1) is 17.1 Å². The minimum absolute atomic E-state index is 0.0230. The van der Waals surface area contributed by atoms with Gasteiger partial charge in [-0.1, -0.05) is 42.5 Å². The molecule has 3 rings (SSSR count). The average molecular weight is 443 g/mol. The molecule has 33 heavy (non-hydrogen) atoms. The number of amides is 2. The number of carbonyl (C=O) groups excluding carboxylic acids is 2. The lowest BCUT2D eigenvalue weighted by Gasteiger charge is -2.13. The number of rotatable bonds is 8. The van der Waals surface area contributed by atoms with Crippen LogP contribution in [-0.2, 0) is 9.59 Å². The van der Waals surface area contributed by atoms with E-state index in [0.717, 1.165) is 5.56 Å². The number of anilines is 1. The van der Waals surface area contributed by atoms with Crippen molar-refractivity contribution in [3.63, 3.8) is 0 Å². The van der Waals surface area contributed by atoms with Gasteiger partial charge >= 0.3 is 0 Å². The molecular formula is C26H22FN3O3. The molecule has 166 valence electrons. The van der Waals surface area contributed by atoms with Gasteiger partial charge in [0, 0.05) is 5.69 Å². The number of nitrogens with one attached hydrogen (secondary N) is 2. The molecule has 0 saturated heterocycles. The molecule has 0 spiro atoms. The highest BCUT2D eigenvalue weighted by Crippen LogP contribution is 2.16. The molecule has 0 bridgehead atoms. The summed E-state index contributed by atoms with van der Waals surface area (Å²) in [6.07, 6.45) is 1.48. The van der Waals surface area contributed by atoms with Gasteiger partial charge < -0.3 is 15.4 Å². The van der Waals surface area contributed by atoms with Crippen LogP contribution >= 0.6 is 0 Å². The molecule has 0 aromatic heterocycles. The molecule has 0 aliphatic rings. The van der Waals surface area contributed by atoms with Crippen molar-refractivity contribution in [3.05, 3.63) is 101 Å². The van der Waals surface area contributed by atoms with Crippen LogP contribution in [0.1, 0.15) is 24.1 Å². The Morgan fingerprint density at radius 3 is 2.33 bits per heavy atom. The van der Waals surface area contributed by atoms with Gasteiger partial charge in [0.05, 0.1) is 6.04 Å². The summed E-state index contributed by atoms with van der Waals surface area (Å²) in [6, 6.07) is 23.2. The quantitative estimate of drug-likeness (QED) is 0.392. The molecule has 0 unspecified atom stereocenters. The minimum Gasteiger partial charge on any atom is -0.484 e. The zero-order valence-electron chi connectivity index (χ0n) is 17.9. The van der Waals surface area contributed by atoms with Gasteiger partial charge in [0.25, 0.3) is 11.8 Å². The topological polar surface area (TPSA) is 91.2 Å². The molecule has 3 aromatic rings. The number of nitrogens with zero attached hydrogens (tertiary/aromatic N) is 1. The van der Waals surface area contributed by atoms with Crippen LogP contribution in [-0.4, -0.2) is 18.4 Å². The van der Waals surface area contributed by atoms with E-state index in [2.05, 4.69) is 10.6 Å². The van der Waals surface area contributed by atoms with Gasteiger partial charge in [-0.2, -0.15) is 5.26 Å². The monoisotopic (exact) mass is 443 g/mol. The fraction of sp³-hybridized carbons (Fsp3) is 0.115. The van der Waals surface area contributed by atoms with Gasteiger partial charge in [0.15, 0.2) is 6.61 Å². The lowest BCUT2D eigenvalue weighted by molar-refractivity contribution is -0.118. The van der Waals surface area contributed by atoms with Crippen LogP contribution in [0.15, 0.2) is 84.4 Å². The van der Waals surface area contributed by atoms with E-state index in [1.807, 2.05) is 43.3 Å². The van der Waals surface area contributed by atoms with Crippen molar-refractivity contribution >= 4 is 23.6 Å². The number of hydrogen-bond donors (Lipinski definition) is 2. The molecule has 0 radical (unpaired) electrons. The molecule has 2 amide bonds. The first-order valence-corrected chi connectivity index (χ1v) is 10.2. The van der Waals surface area contributed by atoms with Crippen LogP contribution in [0.4, 0.5) is 10.1 Å². The highest BCUT2D eigenvalue weighted by atomic mass is 19.1. The summed E-state index contributed by atoms with van der Waals surface area (Å²) >= 11 is 0. The Morgan fingerprint density at radius 1 is 1.03 bits per heavy atom. The van der Waals surface area contributed by atoms with E-state index < -0.39 is 5.91 Å². The molecule has 6 nitrogen and oxygen atoms in total. The fourth-order valence-corrected chi connectivity index (χ4v) is 2.95. The number of halogens is 1. The summed E-state index contributed by atoms with van der Waals surface area (Å²) in [7, 11) is 0. The van der Waals surface area contributed by atoms with Crippen molar-refractivity contribution in [2.75, 3.05) is 11.9 Å². The van der Waals surface area contributed by atoms with Crippen molar-refractivity contribution in [2.45, 2.75) is 13.0 Å². The maximum Gasteiger partial charge on any atom is 0.262 e. The van der Waals surface area contributed by atoms with Crippen LogP contribution in [0.25, 0.3) is 6.08 Å². The van der Waals surface area contributed by atoms with Crippen molar-refractivity contribution < 1.29 is 18.7 Å². The normalized spacial score (nSPS) is 11.7. The highest BCUT2D eigenvalue weighted by molar-refractivity contribution is 6.01. The SMILES string of the molecule is C[C@@H](NC(=O)/C(C#N)=C/c1ccc(OCC(=O)Nc2ccc(F)cc2)cc1)c1ccccc1. The molecule has 7 heteroatoms. The summed E-state index contributed by atoms with van der Waals surface area (Å²) in [6.45, 7) is 1.62. The lowest BCUT2D eigenvalue weighted by atomic mass is 10.1. The summed E-state index contributed by atoms with van der Waals surface area (Å²) in [5.74, 6) is -0.795. The number of benzene rings is 3. The predicted molar refractivity (Wildman–Crippen MR) is 124 cm³/mol. The van der Waals surface area contributed by atoms with E-state index in [9.17, 15) is 19.2 Å². The van der Waals surface area contributed by atoms with E-state index >= 15 is 0 Å². The second-order valence-electron chi connectivity index (χ2n) is 7.19. The molecule has 0 fully saturated rings. The van der Waals surface area contributed by atoms with E-state index in [-0.39, 0.29) is 29.9 Å². The fourth-order valence-electron chi connectivity index (χ4n) is 2.95. The Morgan fingerprint density at radius 2 is 1.70 bits per heavy atom. The molecule has 3 aromatic carbocycles. The van der Waals surface area contributed by atoms with Crippen LogP contribution in [0.2, 0.25) is 0 Å². The zero-order chi connectivity index (χ0) is 23.6. The first-order chi connectivity index (χ1) is 15.9. The third-order valence-corrected chi connectivity index (χ3v) is 4.70. The number of ether oxygens (including phenoxy) is 1. The van der Waals surface area contributed by atoms with Gasteiger partial charge in [-0.05, 0) is 60.5 Å². The molecular weight excluding hydrogens is 421 g/mol. The molecule has 0 aliphatic heterocycles. The van der Waals surface area contributed by atoms with E-state index in [1.165, 1.54) is 30.3 Å². The van der Waals surface area contributed by atoms with Crippen LogP contribution in [0.3, 0.4) is 0 Å². The highest BCUT2D eigenvalue weighted by Gasteiger charge is 2.13. The molecule has 2 N–H and O–H groups in total. The third kappa shape index (κ3) is 7.04. The maximum atomic E-state index is 12.9. The largest absolute Gasteiger partial charge is 0.484 e. The number of nitriles is 1. The molecule has 0 heterocycles. The first-order valence-electron chi connectivity index (χ1n) is 10.2. The summed E-state index contributed by atoms with van der Waals surface area (Å²) in [4.78, 5) is 24.5. The van der Waals surface area contributed by atoms with Crippen molar-refractivity contribution in [3.8, 4) is 11.8 Å². The zero-order valence-corrected chi connectivity index (χ0v) is 17.9. The second kappa shape index (κ2) is 11.3. The molecule has 1 atom stereocenters. The predicted octanol–water partition coefficient (Wildman–Crippen LogP) is 4.63. The average Bonchev–Trinajstić information content (AvgIpc) is 2.84. The Kier molecular flexibility index (Phi) is 7.92. The smallest absolute Gasteiger partial charge is 0.262 e. The van der Waals surface area contributed by atoms with Gasteiger partial charge in [-0.25, -0.2) is 4.39 Å². The van der Waals surface area contributed by atoms with Gasteiger partial charge in [0.1, 0.15) is 23.2 Å². The van der Waals surface area contributed by atoms with E-state index in [0.29, 0.717) is 17.0 Å². The van der Waals surface area contributed by atoms with Crippen molar-refractivity contribution in [2.24, 2.45) is 0 Å². The minimum atomic E-state index is -0.466. The summed E-state index contributed by atoms with van der Waals surface area (Å²) < 4.78 is 18.4. The summed E-state index contributed by atoms with van der Waals surface area (Å²) in [5, 5.41) is 14.8. The number of carbonyl (C=O) groups is 2. The molecule has 0 saturated carbocycles. The standard InChI is InChI=1S/C26H22FN3O3/c1-18(20-5-3-2-4-6-20)29-26(32)21(16-28)15-19-7-13-24(14-8-19)33-17-25(31)30-23-11-9-22(27)10-12-23/h2-15,18H,17H2,1H3,(H,29,32)(H,30,31)/b21-15+/t18-/m1/s1. The Balaban J connectivity index is 1.55. The third-order valence-electron chi connectivity index (χ3n) is 4.70. The van der Waals surface area contributed by atoms with Gasteiger partial charge in [-0.3, -0.25) is 9.59 Å². The van der Waals surface area contributed by atoms with Gasteiger partial charge in [-0.15, -0.1) is 0 Å². The maximum absolute atomic E-state index is 12.9. The first kappa shape index (κ1) is 23.2. The van der Waals surface area contributed by atoms with E-state index in [4.69, 9.17) is 4.74 Å². The molecule has 0 aliphatic carbocycles. The number of hydrogen-bond acceptors (Lipinski definition) is 4. The Hall–Kier alpha value is -4.44. The lowest BCUT2D eigenvalue weighted by Crippen LogP contribution is -2.27. The Bertz CT molecular complexity index is 1170. The van der Waals surface area contributed by atoms with Crippen molar-refractivity contribution in [1.82, 2.24) is 5.32 Å². The second-order valence-corrected chi connectivity index (χ2v) is 7.19. The summed E-state index contributed by atoms with van der Waals surface area (Å²) in [5.41, 5.74) is 2.02. The van der Waals surface area contributed by atoms with Crippen molar-refractivity contribution in [1.29, 1.82) is 5.26 Å². The van der Waals surface area contributed by atoms with Crippen LogP contribution < -0.4 is 15.4 Å². The Labute approximate surface area is 191 Å². The van der Waals surface area contributed by atoms with Gasteiger partial charge in [0.2, 0.25) is 0 Å². The van der Waals surface area contributed by atoms with Crippen LogP contribution in [0.5, 0.6) is 5.75 Å².